The largest absolute Gasteiger partial charge is 0.455 e. The molecule has 6 nitrogen and oxygen atoms in total. The Kier molecular flexibility index (Phi) is 3.97. The second-order valence-electron chi connectivity index (χ2n) is 6.13. The summed E-state index contributed by atoms with van der Waals surface area (Å²) in [6.07, 6.45) is 0. The number of aryl methyl sites for hydroxylation is 1. The molecule has 0 saturated carbocycles. The van der Waals surface area contributed by atoms with Crippen LogP contribution in [0.4, 0.5) is 5.69 Å². The average Bonchev–Trinajstić information content (AvgIpc) is 2.63. The van der Waals surface area contributed by atoms with E-state index >= 15 is 0 Å². The predicted octanol–water partition coefficient (Wildman–Crippen LogP) is 3.73. The number of anilines is 1. The van der Waals surface area contributed by atoms with Gasteiger partial charge in [0.1, 0.15) is 21.3 Å². The number of para-hydroxylation sites is 1. The molecule has 0 atom stereocenters. The molecule has 3 aromatic rings. The number of rotatable bonds is 3. The molecule has 0 radical (unpaired) electrons. The van der Waals surface area contributed by atoms with Crippen molar-refractivity contribution in [2.45, 2.75) is 21.6 Å². The molecule has 27 heavy (non-hydrogen) atoms. The van der Waals surface area contributed by atoms with Crippen LogP contribution in [-0.2, 0) is 19.9 Å². The van der Waals surface area contributed by atoms with Crippen molar-refractivity contribution in [1.82, 2.24) is 0 Å². The second-order valence-corrected chi connectivity index (χ2v) is 9.70. The Morgan fingerprint density at radius 1 is 0.852 bits per heavy atom. The third-order valence-corrected chi connectivity index (χ3v) is 7.39. The van der Waals surface area contributed by atoms with E-state index in [4.69, 9.17) is 4.74 Å². The van der Waals surface area contributed by atoms with E-state index in [2.05, 4.69) is 4.72 Å². The molecular weight excluding hydrogens is 386 g/mol. The van der Waals surface area contributed by atoms with Gasteiger partial charge < -0.3 is 4.74 Å². The average molecular weight is 401 g/mol. The molecule has 0 aliphatic carbocycles. The van der Waals surface area contributed by atoms with Crippen molar-refractivity contribution in [3.05, 3.63) is 72.3 Å². The fourth-order valence-electron chi connectivity index (χ4n) is 2.79. The van der Waals surface area contributed by atoms with Crippen molar-refractivity contribution in [2.75, 3.05) is 4.72 Å². The van der Waals surface area contributed by atoms with Crippen molar-refractivity contribution < 1.29 is 21.6 Å². The summed E-state index contributed by atoms with van der Waals surface area (Å²) in [6.45, 7) is 1.86. The quantitative estimate of drug-likeness (QED) is 0.565. The predicted molar refractivity (Wildman–Crippen MR) is 100 cm³/mol. The van der Waals surface area contributed by atoms with Gasteiger partial charge in [-0.1, -0.05) is 29.8 Å². The van der Waals surface area contributed by atoms with Gasteiger partial charge in [-0.05, 0) is 49.4 Å². The van der Waals surface area contributed by atoms with Crippen molar-refractivity contribution >= 4 is 25.5 Å². The summed E-state index contributed by atoms with van der Waals surface area (Å²) >= 11 is 0. The van der Waals surface area contributed by atoms with E-state index in [9.17, 15) is 16.8 Å². The second kappa shape index (κ2) is 6.11. The zero-order valence-corrected chi connectivity index (χ0v) is 15.8. The normalized spacial score (nSPS) is 14.6. The fourth-order valence-corrected chi connectivity index (χ4v) is 5.37. The summed E-state index contributed by atoms with van der Waals surface area (Å²) in [5, 5.41) is 0. The van der Waals surface area contributed by atoms with Gasteiger partial charge in [0.05, 0.1) is 10.6 Å². The van der Waals surface area contributed by atoms with Crippen LogP contribution in [0.5, 0.6) is 11.5 Å². The summed E-state index contributed by atoms with van der Waals surface area (Å²) in [5.74, 6) is 0.407. The zero-order valence-electron chi connectivity index (χ0n) is 14.2. The highest BCUT2D eigenvalue weighted by atomic mass is 32.2. The molecule has 4 rings (SSSR count). The van der Waals surface area contributed by atoms with Gasteiger partial charge in [-0.3, -0.25) is 4.72 Å². The Bertz CT molecular complexity index is 1250. The van der Waals surface area contributed by atoms with Crippen molar-refractivity contribution in [1.29, 1.82) is 0 Å². The van der Waals surface area contributed by atoms with E-state index < -0.39 is 19.9 Å². The Morgan fingerprint density at radius 2 is 1.52 bits per heavy atom. The minimum absolute atomic E-state index is 0.0519. The molecule has 0 spiro atoms. The number of sulfone groups is 1. The smallest absolute Gasteiger partial charge is 0.261 e. The SMILES string of the molecule is Cc1ccc(S(=O)(=O)Nc2ccc3c(c2)S(=O)(=O)c2ccccc2O3)cc1. The lowest BCUT2D eigenvalue weighted by atomic mass is 10.2. The van der Waals surface area contributed by atoms with Gasteiger partial charge in [0.15, 0.2) is 0 Å². The van der Waals surface area contributed by atoms with E-state index in [-0.39, 0.29) is 31.9 Å². The maximum Gasteiger partial charge on any atom is 0.261 e. The van der Waals surface area contributed by atoms with Crippen molar-refractivity contribution in [2.24, 2.45) is 0 Å². The number of hydrogen-bond donors (Lipinski definition) is 1. The standard InChI is InChI=1S/C19H15NO5S2/c1-13-6-9-15(10-7-13)27(23,24)20-14-8-11-17-19(12-14)26(21,22)18-5-3-2-4-16(18)25-17/h2-12,20H,1H3. The number of benzene rings is 3. The molecule has 0 fully saturated rings. The highest BCUT2D eigenvalue weighted by Crippen LogP contribution is 2.43. The first-order chi connectivity index (χ1) is 12.8. The van der Waals surface area contributed by atoms with Gasteiger partial charge >= 0.3 is 0 Å². The molecule has 1 aliphatic rings. The number of ether oxygens (including phenoxy) is 1. The molecule has 0 bridgehead atoms. The molecule has 0 saturated heterocycles. The van der Waals surface area contributed by atoms with E-state index in [0.29, 0.717) is 0 Å². The van der Waals surface area contributed by atoms with Crippen LogP contribution in [0.3, 0.4) is 0 Å². The molecule has 138 valence electrons. The van der Waals surface area contributed by atoms with Gasteiger partial charge in [-0.2, -0.15) is 0 Å². The summed E-state index contributed by atoms with van der Waals surface area (Å²) < 4.78 is 58.9. The van der Waals surface area contributed by atoms with Gasteiger partial charge in [0.2, 0.25) is 9.84 Å². The first-order valence-electron chi connectivity index (χ1n) is 8.03. The molecule has 1 heterocycles. The summed E-state index contributed by atoms with van der Waals surface area (Å²) in [7, 11) is -7.65. The highest BCUT2D eigenvalue weighted by molar-refractivity contribution is 7.93. The van der Waals surface area contributed by atoms with Crippen LogP contribution in [0.1, 0.15) is 5.56 Å². The first-order valence-corrected chi connectivity index (χ1v) is 11.0. The summed E-state index contributed by atoms with van der Waals surface area (Å²) in [5.41, 5.74) is 1.07. The summed E-state index contributed by atoms with van der Waals surface area (Å²) in [4.78, 5) is 0.0663. The van der Waals surface area contributed by atoms with Gasteiger partial charge in [-0.15, -0.1) is 0 Å². The minimum atomic E-state index is -3.84. The topological polar surface area (TPSA) is 89.5 Å². The molecular formula is C19H15NO5S2. The van der Waals surface area contributed by atoms with Gasteiger partial charge in [0, 0.05) is 0 Å². The Morgan fingerprint density at radius 3 is 2.26 bits per heavy atom. The van der Waals surface area contributed by atoms with Crippen LogP contribution in [0.2, 0.25) is 0 Å². The molecule has 3 aromatic carbocycles. The molecule has 8 heteroatoms. The molecule has 1 N–H and O–H groups in total. The van der Waals surface area contributed by atoms with Gasteiger partial charge in [0.25, 0.3) is 10.0 Å². The molecule has 1 aliphatic heterocycles. The van der Waals surface area contributed by atoms with Crippen LogP contribution in [0.25, 0.3) is 0 Å². The lowest BCUT2D eigenvalue weighted by Crippen LogP contribution is -2.15. The minimum Gasteiger partial charge on any atom is -0.455 e. The Labute approximate surface area is 157 Å². The number of hydrogen-bond acceptors (Lipinski definition) is 5. The lowest BCUT2D eigenvalue weighted by Gasteiger charge is -2.21. The van der Waals surface area contributed by atoms with Crippen LogP contribution < -0.4 is 9.46 Å². The van der Waals surface area contributed by atoms with E-state index in [1.165, 1.54) is 36.4 Å². The number of nitrogens with one attached hydrogen (secondary N) is 1. The van der Waals surface area contributed by atoms with Crippen LogP contribution in [0.15, 0.2) is 81.4 Å². The summed E-state index contributed by atoms with van der Waals surface area (Å²) in [6, 6.07) is 16.9. The van der Waals surface area contributed by atoms with Crippen LogP contribution >= 0.6 is 0 Å². The highest BCUT2D eigenvalue weighted by Gasteiger charge is 2.31. The Hall–Kier alpha value is -2.84. The third kappa shape index (κ3) is 3.07. The maximum atomic E-state index is 12.9. The van der Waals surface area contributed by atoms with E-state index in [1.807, 2.05) is 6.92 Å². The molecule has 0 amide bonds. The third-order valence-electron chi connectivity index (χ3n) is 4.18. The fraction of sp³-hybridized carbons (Fsp3) is 0.0526. The Balaban J connectivity index is 1.74. The molecule has 0 aromatic heterocycles. The van der Waals surface area contributed by atoms with E-state index in [1.54, 1.807) is 30.3 Å². The molecule has 0 unspecified atom stereocenters. The maximum absolute atomic E-state index is 12.9. The van der Waals surface area contributed by atoms with Crippen molar-refractivity contribution in [3.8, 4) is 11.5 Å². The van der Waals surface area contributed by atoms with Crippen LogP contribution in [0, 0.1) is 6.92 Å². The van der Waals surface area contributed by atoms with Gasteiger partial charge in [-0.25, -0.2) is 16.8 Å². The van der Waals surface area contributed by atoms with Crippen LogP contribution in [-0.4, -0.2) is 16.8 Å². The lowest BCUT2D eigenvalue weighted by molar-refractivity contribution is 0.443. The number of fused-ring (bicyclic) bond motifs is 2. The van der Waals surface area contributed by atoms with E-state index in [0.717, 1.165) is 5.56 Å². The first kappa shape index (κ1) is 17.6. The van der Waals surface area contributed by atoms with Crippen molar-refractivity contribution in [3.63, 3.8) is 0 Å². The monoisotopic (exact) mass is 401 g/mol. The number of sulfonamides is 1. The zero-order chi connectivity index (χ0) is 19.2.